The average molecular weight is 416 g/mol. The van der Waals surface area contributed by atoms with Gasteiger partial charge in [-0.2, -0.15) is 0 Å². The number of aryl methyl sites for hydroxylation is 1. The van der Waals surface area contributed by atoms with E-state index in [4.69, 9.17) is 4.74 Å². The highest BCUT2D eigenvalue weighted by molar-refractivity contribution is 6.00. The Morgan fingerprint density at radius 2 is 1.77 bits per heavy atom. The van der Waals surface area contributed by atoms with E-state index < -0.39 is 17.8 Å². The Hall–Kier alpha value is -3.67. The van der Waals surface area contributed by atoms with Gasteiger partial charge in [0.2, 0.25) is 5.91 Å². The molecular formula is C25H24N2O4. The Morgan fingerprint density at radius 3 is 2.58 bits per heavy atom. The zero-order chi connectivity index (χ0) is 21.8. The number of amides is 2. The second-order valence-electron chi connectivity index (χ2n) is 7.61. The molecule has 0 saturated carbocycles. The summed E-state index contributed by atoms with van der Waals surface area (Å²) in [4.78, 5) is 38.8. The van der Waals surface area contributed by atoms with Crippen molar-refractivity contribution in [3.63, 3.8) is 0 Å². The summed E-state index contributed by atoms with van der Waals surface area (Å²) in [5.41, 5.74) is 2.53. The first-order chi connectivity index (χ1) is 15.0. The minimum Gasteiger partial charge on any atom is -0.455 e. The highest BCUT2D eigenvalue weighted by atomic mass is 16.5. The van der Waals surface area contributed by atoms with Gasteiger partial charge in [-0.25, -0.2) is 0 Å². The van der Waals surface area contributed by atoms with Crippen molar-refractivity contribution >= 4 is 39.9 Å². The molecule has 1 fully saturated rings. The SMILES string of the molecule is CCc1ccccc1N1CC(C(=O)OCC(=O)Nc2ccc3ccccc3c2)CC1=O. The lowest BCUT2D eigenvalue weighted by molar-refractivity contribution is -0.151. The molecule has 1 N–H and O–H groups in total. The number of hydrogen-bond acceptors (Lipinski definition) is 4. The summed E-state index contributed by atoms with van der Waals surface area (Å²) in [7, 11) is 0. The Morgan fingerprint density at radius 1 is 1.03 bits per heavy atom. The van der Waals surface area contributed by atoms with Gasteiger partial charge in [-0.15, -0.1) is 0 Å². The topological polar surface area (TPSA) is 75.7 Å². The van der Waals surface area contributed by atoms with Crippen molar-refractivity contribution in [2.75, 3.05) is 23.4 Å². The number of ether oxygens (including phenoxy) is 1. The Kier molecular flexibility index (Phi) is 5.98. The van der Waals surface area contributed by atoms with Gasteiger partial charge in [0.15, 0.2) is 6.61 Å². The minimum atomic E-state index is -0.578. The van der Waals surface area contributed by atoms with Gasteiger partial charge in [0.25, 0.3) is 5.91 Å². The highest BCUT2D eigenvalue weighted by Crippen LogP contribution is 2.29. The minimum absolute atomic E-state index is 0.0865. The van der Waals surface area contributed by atoms with Crippen molar-refractivity contribution in [1.82, 2.24) is 0 Å². The van der Waals surface area contributed by atoms with Crippen LogP contribution in [0.1, 0.15) is 18.9 Å². The van der Waals surface area contributed by atoms with E-state index in [0.29, 0.717) is 5.69 Å². The van der Waals surface area contributed by atoms with Crippen LogP contribution in [0.5, 0.6) is 0 Å². The van der Waals surface area contributed by atoms with Crippen LogP contribution in [0, 0.1) is 5.92 Å². The lowest BCUT2D eigenvalue weighted by Crippen LogP contribution is -2.28. The molecule has 6 nitrogen and oxygen atoms in total. The van der Waals surface area contributed by atoms with Gasteiger partial charge in [-0.1, -0.05) is 55.5 Å². The molecule has 4 rings (SSSR count). The summed E-state index contributed by atoms with van der Waals surface area (Å²) in [5.74, 6) is -1.63. The lowest BCUT2D eigenvalue weighted by Gasteiger charge is -2.19. The van der Waals surface area contributed by atoms with E-state index in [9.17, 15) is 14.4 Å². The molecule has 1 aliphatic heterocycles. The van der Waals surface area contributed by atoms with E-state index >= 15 is 0 Å². The van der Waals surface area contributed by atoms with E-state index in [0.717, 1.165) is 28.4 Å². The Labute approximate surface area is 180 Å². The van der Waals surface area contributed by atoms with Crippen LogP contribution in [0.4, 0.5) is 11.4 Å². The first-order valence-electron chi connectivity index (χ1n) is 10.4. The summed E-state index contributed by atoms with van der Waals surface area (Å²) in [6.45, 7) is 1.90. The molecule has 0 spiro atoms. The van der Waals surface area contributed by atoms with Crippen LogP contribution in [0.2, 0.25) is 0 Å². The largest absolute Gasteiger partial charge is 0.455 e. The predicted molar refractivity (Wildman–Crippen MR) is 120 cm³/mol. The molecule has 3 aromatic carbocycles. The maximum absolute atomic E-state index is 12.5. The molecule has 31 heavy (non-hydrogen) atoms. The van der Waals surface area contributed by atoms with Gasteiger partial charge in [-0.05, 0) is 41.0 Å². The molecule has 0 aromatic heterocycles. The number of para-hydroxylation sites is 1. The predicted octanol–water partition coefficient (Wildman–Crippen LogP) is 3.94. The normalized spacial score (nSPS) is 15.8. The number of fused-ring (bicyclic) bond motifs is 1. The summed E-state index contributed by atoms with van der Waals surface area (Å²) >= 11 is 0. The number of carbonyl (C=O) groups excluding carboxylic acids is 3. The van der Waals surface area contributed by atoms with E-state index in [1.165, 1.54) is 0 Å². The Bertz CT molecular complexity index is 1140. The van der Waals surface area contributed by atoms with Crippen LogP contribution < -0.4 is 10.2 Å². The van der Waals surface area contributed by atoms with Gasteiger partial charge < -0.3 is 15.0 Å². The van der Waals surface area contributed by atoms with Crippen molar-refractivity contribution in [1.29, 1.82) is 0 Å². The maximum Gasteiger partial charge on any atom is 0.311 e. The third-order valence-electron chi connectivity index (χ3n) is 5.50. The van der Waals surface area contributed by atoms with Crippen LogP contribution >= 0.6 is 0 Å². The molecule has 2 amide bonds. The zero-order valence-corrected chi connectivity index (χ0v) is 17.3. The fourth-order valence-electron chi connectivity index (χ4n) is 3.89. The molecule has 1 heterocycles. The summed E-state index contributed by atoms with van der Waals surface area (Å²) in [5, 5.41) is 4.83. The van der Waals surface area contributed by atoms with E-state index in [-0.39, 0.29) is 25.5 Å². The number of anilines is 2. The highest BCUT2D eigenvalue weighted by Gasteiger charge is 2.37. The van der Waals surface area contributed by atoms with Crippen molar-refractivity contribution in [3.05, 3.63) is 72.3 Å². The quantitative estimate of drug-likeness (QED) is 0.618. The fraction of sp³-hybridized carbons (Fsp3) is 0.240. The molecule has 158 valence electrons. The molecule has 0 radical (unpaired) electrons. The molecule has 1 saturated heterocycles. The lowest BCUT2D eigenvalue weighted by atomic mass is 10.1. The van der Waals surface area contributed by atoms with Crippen LogP contribution in [0.15, 0.2) is 66.7 Å². The summed E-state index contributed by atoms with van der Waals surface area (Å²) in [6, 6.07) is 21.1. The fourth-order valence-corrected chi connectivity index (χ4v) is 3.89. The van der Waals surface area contributed by atoms with Gasteiger partial charge >= 0.3 is 5.97 Å². The number of hydrogen-bond donors (Lipinski definition) is 1. The van der Waals surface area contributed by atoms with E-state index in [2.05, 4.69) is 5.32 Å². The number of nitrogens with one attached hydrogen (secondary N) is 1. The molecule has 6 heteroatoms. The smallest absolute Gasteiger partial charge is 0.311 e. The number of esters is 1. The maximum atomic E-state index is 12.5. The molecule has 3 aromatic rings. The van der Waals surface area contributed by atoms with Gasteiger partial charge in [0.1, 0.15) is 0 Å². The summed E-state index contributed by atoms with van der Waals surface area (Å²) < 4.78 is 5.21. The van der Waals surface area contributed by atoms with Crippen LogP contribution in [0.3, 0.4) is 0 Å². The average Bonchev–Trinajstić information content (AvgIpc) is 3.18. The Balaban J connectivity index is 1.33. The monoisotopic (exact) mass is 416 g/mol. The molecule has 0 aliphatic carbocycles. The molecule has 1 aliphatic rings. The number of nitrogens with zero attached hydrogens (tertiary/aromatic N) is 1. The van der Waals surface area contributed by atoms with Crippen molar-refractivity contribution in [3.8, 4) is 0 Å². The van der Waals surface area contributed by atoms with Crippen molar-refractivity contribution in [2.45, 2.75) is 19.8 Å². The molecule has 1 unspecified atom stereocenters. The van der Waals surface area contributed by atoms with E-state index in [1.807, 2.05) is 67.6 Å². The first kappa shape index (κ1) is 20.6. The van der Waals surface area contributed by atoms with Crippen molar-refractivity contribution in [2.24, 2.45) is 5.92 Å². The first-order valence-corrected chi connectivity index (χ1v) is 10.4. The second kappa shape index (κ2) is 9.00. The van der Waals surface area contributed by atoms with Crippen LogP contribution in [-0.4, -0.2) is 30.9 Å². The molecule has 0 bridgehead atoms. The van der Waals surface area contributed by atoms with Gasteiger partial charge in [-0.3, -0.25) is 14.4 Å². The number of carbonyl (C=O) groups is 3. The van der Waals surface area contributed by atoms with Crippen molar-refractivity contribution < 1.29 is 19.1 Å². The number of rotatable bonds is 6. The second-order valence-corrected chi connectivity index (χ2v) is 7.61. The third kappa shape index (κ3) is 4.58. The number of benzene rings is 3. The van der Waals surface area contributed by atoms with Gasteiger partial charge in [0.05, 0.1) is 5.92 Å². The van der Waals surface area contributed by atoms with Crippen LogP contribution in [0.25, 0.3) is 10.8 Å². The summed E-state index contributed by atoms with van der Waals surface area (Å²) in [6.07, 6.45) is 0.882. The van der Waals surface area contributed by atoms with Gasteiger partial charge in [0, 0.05) is 24.3 Å². The zero-order valence-electron chi connectivity index (χ0n) is 17.3. The molecule has 1 atom stereocenters. The third-order valence-corrected chi connectivity index (χ3v) is 5.50. The van der Waals surface area contributed by atoms with E-state index in [1.54, 1.807) is 11.0 Å². The van der Waals surface area contributed by atoms with Crippen LogP contribution in [-0.2, 0) is 25.5 Å². The standard InChI is InChI=1S/C25H24N2O4/c1-2-17-7-5-6-10-22(17)27-15-20(14-24(27)29)25(30)31-16-23(28)26-21-12-11-18-8-3-4-9-19(18)13-21/h3-13,20H,2,14-16H2,1H3,(H,26,28). The molecular weight excluding hydrogens is 392 g/mol.